The second kappa shape index (κ2) is 10.6. The maximum atomic E-state index is 13.0. The molecule has 0 aromatic heterocycles. The molecule has 1 amide bonds. The van der Waals surface area contributed by atoms with Crippen LogP contribution in [0.4, 0.5) is 0 Å². The van der Waals surface area contributed by atoms with Gasteiger partial charge in [-0.25, -0.2) is 0 Å². The largest absolute Gasteiger partial charge is 0.496 e. The zero-order valence-electron chi connectivity index (χ0n) is 18.8. The Kier molecular flexibility index (Phi) is 7.66. The topological polar surface area (TPSA) is 66.8 Å². The number of likely N-dealkylation sites (N-methyl/N-ethyl adjacent to an activating group) is 1. The third kappa shape index (κ3) is 5.76. The van der Waals surface area contributed by atoms with Crippen molar-refractivity contribution in [2.24, 2.45) is 0 Å². The number of amides is 1. The van der Waals surface area contributed by atoms with Crippen molar-refractivity contribution in [1.82, 2.24) is 4.90 Å². The third-order valence-electron chi connectivity index (χ3n) is 5.46. The second-order valence-corrected chi connectivity index (χ2v) is 7.84. The quantitative estimate of drug-likeness (QED) is 0.524. The van der Waals surface area contributed by atoms with E-state index in [1.165, 1.54) is 0 Å². The number of hydrogen-bond donors (Lipinski definition) is 1. The van der Waals surface area contributed by atoms with E-state index in [9.17, 15) is 14.7 Å². The molecule has 0 atom stereocenters. The smallest absolute Gasteiger partial charge is 0.307 e. The summed E-state index contributed by atoms with van der Waals surface area (Å²) < 4.78 is 5.57. The van der Waals surface area contributed by atoms with E-state index in [1.54, 1.807) is 19.2 Å². The molecule has 0 aliphatic rings. The normalized spacial score (nSPS) is 10.6. The number of carbonyl (C=O) groups is 2. The van der Waals surface area contributed by atoms with E-state index in [0.29, 0.717) is 30.8 Å². The summed E-state index contributed by atoms with van der Waals surface area (Å²) in [5, 5.41) is 9.20. The second-order valence-electron chi connectivity index (χ2n) is 7.84. The molecule has 3 aromatic rings. The molecule has 1 N–H and O–H groups in total. The van der Waals surface area contributed by atoms with Crippen LogP contribution >= 0.6 is 0 Å². The summed E-state index contributed by atoms with van der Waals surface area (Å²) in [6.07, 6.45) is 0.294. The number of carboxylic acids is 1. The van der Waals surface area contributed by atoms with E-state index in [1.807, 2.05) is 67.3 Å². The summed E-state index contributed by atoms with van der Waals surface area (Å²) in [6.45, 7) is 5.06. The van der Waals surface area contributed by atoms with Gasteiger partial charge < -0.3 is 14.7 Å². The van der Waals surface area contributed by atoms with E-state index >= 15 is 0 Å². The molecule has 0 radical (unpaired) electrons. The fraction of sp³-hybridized carbons (Fsp3) is 0.259. The summed E-state index contributed by atoms with van der Waals surface area (Å²) in [4.78, 5) is 26.1. The third-order valence-corrected chi connectivity index (χ3v) is 5.46. The zero-order valence-corrected chi connectivity index (χ0v) is 18.8. The molecule has 0 saturated carbocycles. The molecular formula is C27H29NO4. The van der Waals surface area contributed by atoms with Crippen molar-refractivity contribution in [2.45, 2.75) is 33.2 Å². The van der Waals surface area contributed by atoms with Crippen LogP contribution in [0.15, 0.2) is 66.7 Å². The number of carboxylic acid groups (broad SMARTS) is 1. The Bertz CT molecular complexity index is 1090. The Morgan fingerprint density at radius 2 is 1.66 bits per heavy atom. The molecule has 5 heteroatoms. The minimum Gasteiger partial charge on any atom is -0.496 e. The summed E-state index contributed by atoms with van der Waals surface area (Å²) >= 11 is 0. The number of aryl methyl sites for hydroxylation is 1. The summed E-state index contributed by atoms with van der Waals surface area (Å²) in [6, 6.07) is 21.3. The summed E-state index contributed by atoms with van der Waals surface area (Å²) in [5.74, 6) is -0.144. The van der Waals surface area contributed by atoms with Gasteiger partial charge in [-0.2, -0.15) is 0 Å². The molecule has 5 nitrogen and oxygen atoms in total. The van der Waals surface area contributed by atoms with Crippen LogP contribution in [-0.2, 0) is 29.0 Å². The summed E-state index contributed by atoms with van der Waals surface area (Å²) in [5.41, 5.74) is 5.55. The molecule has 32 heavy (non-hydrogen) atoms. The van der Waals surface area contributed by atoms with Gasteiger partial charge >= 0.3 is 5.97 Å². The van der Waals surface area contributed by atoms with Gasteiger partial charge in [-0.05, 0) is 48.2 Å². The maximum absolute atomic E-state index is 13.0. The van der Waals surface area contributed by atoms with Crippen molar-refractivity contribution < 1.29 is 19.4 Å². The highest BCUT2D eigenvalue weighted by Crippen LogP contribution is 2.34. The highest BCUT2D eigenvalue weighted by molar-refractivity contribution is 5.80. The van der Waals surface area contributed by atoms with Gasteiger partial charge in [-0.1, -0.05) is 60.2 Å². The lowest BCUT2D eigenvalue weighted by Gasteiger charge is -2.24. The van der Waals surface area contributed by atoms with Crippen molar-refractivity contribution in [3.63, 3.8) is 0 Å². The standard InChI is InChI=1S/C27H29NO4/c1-4-28(26(29)16-20-8-6-5-7-9-20)18-22-14-19(2)10-12-23(22)24-15-21(17-27(30)31)11-13-25(24)32-3/h5-15H,4,16-18H2,1-3H3,(H,30,31). The van der Waals surface area contributed by atoms with Crippen molar-refractivity contribution in [2.75, 3.05) is 13.7 Å². The Morgan fingerprint density at radius 1 is 0.906 bits per heavy atom. The van der Waals surface area contributed by atoms with Crippen LogP contribution in [0.25, 0.3) is 11.1 Å². The molecule has 0 aliphatic heterocycles. The average Bonchev–Trinajstić information content (AvgIpc) is 2.77. The molecule has 0 unspecified atom stereocenters. The maximum Gasteiger partial charge on any atom is 0.307 e. The number of carbonyl (C=O) groups excluding carboxylic acids is 1. The predicted molar refractivity (Wildman–Crippen MR) is 126 cm³/mol. The zero-order chi connectivity index (χ0) is 23.1. The van der Waals surface area contributed by atoms with Crippen LogP contribution in [0.3, 0.4) is 0 Å². The predicted octanol–water partition coefficient (Wildman–Crippen LogP) is 4.89. The fourth-order valence-corrected chi connectivity index (χ4v) is 3.83. The molecule has 166 valence electrons. The minimum atomic E-state index is -0.881. The number of methoxy groups -OCH3 is 1. The van der Waals surface area contributed by atoms with E-state index < -0.39 is 5.97 Å². The molecule has 0 aliphatic carbocycles. The van der Waals surface area contributed by atoms with Gasteiger partial charge in [-0.15, -0.1) is 0 Å². The first-order chi connectivity index (χ1) is 15.4. The lowest BCUT2D eigenvalue weighted by molar-refractivity contribution is -0.136. The van der Waals surface area contributed by atoms with Crippen LogP contribution < -0.4 is 4.74 Å². The van der Waals surface area contributed by atoms with Crippen LogP contribution in [0, 0.1) is 6.92 Å². The van der Waals surface area contributed by atoms with Crippen LogP contribution in [-0.4, -0.2) is 35.5 Å². The first kappa shape index (κ1) is 23.1. The number of nitrogens with zero attached hydrogens (tertiary/aromatic N) is 1. The molecule has 0 saturated heterocycles. The molecule has 0 bridgehead atoms. The number of benzene rings is 3. The SMILES string of the molecule is CCN(Cc1cc(C)ccc1-c1cc(CC(=O)O)ccc1OC)C(=O)Cc1ccccc1. The molecule has 0 spiro atoms. The van der Waals surface area contributed by atoms with Crippen molar-refractivity contribution in [1.29, 1.82) is 0 Å². The molecule has 3 rings (SSSR count). The monoisotopic (exact) mass is 431 g/mol. The van der Waals surface area contributed by atoms with Gasteiger partial charge in [0, 0.05) is 18.7 Å². The van der Waals surface area contributed by atoms with Gasteiger partial charge in [0.1, 0.15) is 5.75 Å². The fourth-order valence-electron chi connectivity index (χ4n) is 3.83. The molecule has 0 fully saturated rings. The van der Waals surface area contributed by atoms with Gasteiger partial charge in [0.05, 0.1) is 20.0 Å². The van der Waals surface area contributed by atoms with Crippen molar-refractivity contribution in [3.05, 3.63) is 89.0 Å². The van der Waals surface area contributed by atoms with E-state index in [0.717, 1.165) is 27.8 Å². The van der Waals surface area contributed by atoms with Crippen LogP contribution in [0.2, 0.25) is 0 Å². The van der Waals surface area contributed by atoms with Gasteiger partial charge in [-0.3, -0.25) is 9.59 Å². The Balaban J connectivity index is 1.96. The lowest BCUT2D eigenvalue weighted by atomic mass is 9.94. The molecule has 0 heterocycles. The number of hydrogen-bond acceptors (Lipinski definition) is 3. The first-order valence-corrected chi connectivity index (χ1v) is 10.7. The number of ether oxygens (including phenoxy) is 1. The molecule has 3 aromatic carbocycles. The van der Waals surface area contributed by atoms with Crippen LogP contribution in [0.1, 0.15) is 29.2 Å². The minimum absolute atomic E-state index is 0.0607. The Hall–Kier alpha value is -3.60. The van der Waals surface area contributed by atoms with Crippen molar-refractivity contribution in [3.8, 4) is 16.9 Å². The molecular weight excluding hydrogens is 402 g/mol. The highest BCUT2D eigenvalue weighted by Gasteiger charge is 2.18. The number of aliphatic carboxylic acids is 1. The summed E-state index contributed by atoms with van der Waals surface area (Å²) in [7, 11) is 1.60. The highest BCUT2D eigenvalue weighted by atomic mass is 16.5. The Morgan fingerprint density at radius 3 is 2.31 bits per heavy atom. The number of rotatable bonds is 9. The van der Waals surface area contributed by atoms with E-state index in [2.05, 4.69) is 6.07 Å². The van der Waals surface area contributed by atoms with Gasteiger partial charge in [0.15, 0.2) is 0 Å². The van der Waals surface area contributed by atoms with Crippen LogP contribution in [0.5, 0.6) is 5.75 Å². The van der Waals surface area contributed by atoms with Gasteiger partial charge in [0.2, 0.25) is 5.91 Å². The average molecular weight is 432 g/mol. The van der Waals surface area contributed by atoms with Crippen molar-refractivity contribution >= 4 is 11.9 Å². The van der Waals surface area contributed by atoms with E-state index in [4.69, 9.17) is 4.74 Å². The lowest BCUT2D eigenvalue weighted by Crippen LogP contribution is -2.31. The first-order valence-electron chi connectivity index (χ1n) is 10.7. The van der Waals surface area contributed by atoms with Gasteiger partial charge in [0.25, 0.3) is 0 Å². The van der Waals surface area contributed by atoms with E-state index in [-0.39, 0.29) is 12.3 Å². The Labute approximate surface area is 189 Å².